The Balaban J connectivity index is 2.12. The molecule has 1 heteroatoms. The van der Waals surface area contributed by atoms with Gasteiger partial charge in [-0.3, -0.25) is 4.90 Å². The van der Waals surface area contributed by atoms with Crippen LogP contribution in [0.15, 0.2) is 0 Å². The van der Waals surface area contributed by atoms with Crippen LogP contribution in [0.2, 0.25) is 0 Å². The van der Waals surface area contributed by atoms with Crippen molar-refractivity contribution in [1.82, 2.24) is 4.90 Å². The lowest BCUT2D eigenvalue weighted by atomic mass is 9.74. The zero-order chi connectivity index (χ0) is 12.8. The van der Waals surface area contributed by atoms with Crippen molar-refractivity contribution in [2.24, 2.45) is 17.3 Å². The van der Waals surface area contributed by atoms with E-state index in [0.717, 1.165) is 17.9 Å². The van der Waals surface area contributed by atoms with Crippen molar-refractivity contribution in [1.29, 1.82) is 0 Å². The second-order valence-corrected chi connectivity index (χ2v) is 8.37. The lowest BCUT2D eigenvalue weighted by Crippen LogP contribution is -2.57. The molecule has 0 aromatic rings. The summed E-state index contributed by atoms with van der Waals surface area (Å²) in [5.74, 6) is 2.11. The molecule has 2 unspecified atom stereocenters. The lowest BCUT2D eigenvalue weighted by molar-refractivity contribution is -0.0257. The SMILES string of the molecule is CC(C)(C)C1CC(C2CC2)CCN1C(C)(C)C. The predicted molar refractivity (Wildman–Crippen MR) is 75.2 cm³/mol. The van der Waals surface area contributed by atoms with E-state index in [-0.39, 0.29) is 0 Å². The number of piperidine rings is 1. The molecule has 1 heterocycles. The van der Waals surface area contributed by atoms with Crippen molar-refractivity contribution in [3.8, 4) is 0 Å². The fourth-order valence-electron chi connectivity index (χ4n) is 3.61. The molecule has 100 valence electrons. The van der Waals surface area contributed by atoms with Gasteiger partial charge < -0.3 is 0 Å². The smallest absolute Gasteiger partial charge is 0.0152 e. The standard InChI is InChI=1S/C16H31N/c1-15(2,3)14-11-13(12-7-8-12)9-10-17(14)16(4,5)6/h12-14H,7-11H2,1-6H3. The molecule has 17 heavy (non-hydrogen) atoms. The van der Waals surface area contributed by atoms with Crippen LogP contribution in [0.5, 0.6) is 0 Å². The van der Waals surface area contributed by atoms with Gasteiger partial charge in [-0.1, -0.05) is 20.8 Å². The third-order valence-corrected chi connectivity index (χ3v) is 4.79. The minimum absolute atomic E-state index is 0.326. The Labute approximate surface area is 108 Å². The Kier molecular flexibility index (Phi) is 3.36. The Hall–Kier alpha value is -0.0400. The predicted octanol–water partition coefficient (Wildman–Crippen LogP) is 4.32. The van der Waals surface area contributed by atoms with Gasteiger partial charge >= 0.3 is 0 Å². The van der Waals surface area contributed by atoms with Gasteiger partial charge in [0.2, 0.25) is 0 Å². The third-order valence-electron chi connectivity index (χ3n) is 4.79. The molecule has 2 atom stereocenters. The first-order chi connectivity index (χ1) is 7.69. The molecule has 0 aromatic carbocycles. The first kappa shape index (κ1) is 13.4. The van der Waals surface area contributed by atoms with Crippen molar-refractivity contribution in [3.05, 3.63) is 0 Å². The summed E-state index contributed by atoms with van der Waals surface area (Å²) in [5, 5.41) is 0. The maximum absolute atomic E-state index is 2.77. The summed E-state index contributed by atoms with van der Waals surface area (Å²) in [6, 6.07) is 0.766. The summed E-state index contributed by atoms with van der Waals surface area (Å²) in [6.45, 7) is 15.7. The van der Waals surface area contributed by atoms with E-state index in [1.54, 1.807) is 0 Å². The molecule has 0 aromatic heterocycles. The molecule has 1 saturated carbocycles. The summed E-state index contributed by atoms with van der Waals surface area (Å²) in [6.07, 6.45) is 5.90. The molecule has 2 aliphatic rings. The molecule has 1 aliphatic heterocycles. The average Bonchev–Trinajstić information content (AvgIpc) is 2.97. The van der Waals surface area contributed by atoms with Gasteiger partial charge in [-0.2, -0.15) is 0 Å². The molecule has 1 nitrogen and oxygen atoms in total. The summed E-state index contributed by atoms with van der Waals surface area (Å²) in [7, 11) is 0. The highest BCUT2D eigenvalue weighted by Gasteiger charge is 2.44. The van der Waals surface area contributed by atoms with Crippen molar-refractivity contribution in [3.63, 3.8) is 0 Å². The molecule has 0 bridgehead atoms. The van der Waals surface area contributed by atoms with Crippen LogP contribution in [0.1, 0.15) is 67.2 Å². The molecule has 0 radical (unpaired) electrons. The summed E-state index contributed by atoms with van der Waals surface area (Å²) in [4.78, 5) is 2.77. The lowest BCUT2D eigenvalue weighted by Gasteiger charge is -2.52. The van der Waals surface area contributed by atoms with Crippen LogP contribution in [0.25, 0.3) is 0 Å². The first-order valence-corrected chi connectivity index (χ1v) is 7.46. The maximum atomic E-state index is 2.77. The zero-order valence-corrected chi connectivity index (χ0v) is 12.7. The van der Waals surface area contributed by atoms with E-state index in [2.05, 4.69) is 46.4 Å². The minimum atomic E-state index is 0.326. The number of hydrogen-bond donors (Lipinski definition) is 0. The number of nitrogens with zero attached hydrogens (tertiary/aromatic N) is 1. The summed E-state index contributed by atoms with van der Waals surface area (Å²) in [5.41, 5.74) is 0.743. The molecule has 2 fully saturated rings. The van der Waals surface area contributed by atoms with E-state index >= 15 is 0 Å². The van der Waals surface area contributed by atoms with Crippen LogP contribution in [-0.4, -0.2) is 23.0 Å². The van der Waals surface area contributed by atoms with E-state index in [1.165, 1.54) is 32.2 Å². The molecule has 1 saturated heterocycles. The Morgan fingerprint density at radius 1 is 0.824 bits per heavy atom. The van der Waals surface area contributed by atoms with Crippen LogP contribution in [0.4, 0.5) is 0 Å². The third kappa shape index (κ3) is 3.05. The van der Waals surface area contributed by atoms with E-state index in [1.807, 2.05) is 0 Å². The van der Waals surface area contributed by atoms with Crippen molar-refractivity contribution < 1.29 is 0 Å². The van der Waals surface area contributed by atoms with E-state index in [9.17, 15) is 0 Å². The minimum Gasteiger partial charge on any atom is -0.295 e. The highest BCUT2D eigenvalue weighted by atomic mass is 15.2. The maximum Gasteiger partial charge on any atom is 0.0152 e. The highest BCUT2D eigenvalue weighted by molar-refractivity contribution is 4.97. The normalized spacial score (nSPS) is 32.8. The van der Waals surface area contributed by atoms with Gasteiger partial charge in [0.25, 0.3) is 0 Å². The van der Waals surface area contributed by atoms with E-state index in [4.69, 9.17) is 0 Å². The van der Waals surface area contributed by atoms with Gasteiger partial charge in [0.15, 0.2) is 0 Å². The van der Waals surface area contributed by atoms with Gasteiger partial charge in [-0.05, 0) is 70.3 Å². The Bertz CT molecular complexity index is 264. The van der Waals surface area contributed by atoms with Gasteiger partial charge in [0.1, 0.15) is 0 Å². The number of rotatable bonds is 1. The van der Waals surface area contributed by atoms with Crippen LogP contribution >= 0.6 is 0 Å². The molecular weight excluding hydrogens is 206 g/mol. The summed E-state index contributed by atoms with van der Waals surface area (Å²) < 4.78 is 0. The van der Waals surface area contributed by atoms with Crippen LogP contribution < -0.4 is 0 Å². The Morgan fingerprint density at radius 2 is 1.41 bits per heavy atom. The Morgan fingerprint density at radius 3 is 1.82 bits per heavy atom. The number of likely N-dealkylation sites (tertiary alicyclic amines) is 1. The molecule has 1 aliphatic carbocycles. The average molecular weight is 237 g/mol. The van der Waals surface area contributed by atoms with Crippen molar-refractivity contribution >= 4 is 0 Å². The van der Waals surface area contributed by atoms with Gasteiger partial charge in [0.05, 0.1) is 0 Å². The van der Waals surface area contributed by atoms with Crippen LogP contribution in [0, 0.1) is 17.3 Å². The largest absolute Gasteiger partial charge is 0.295 e. The fourth-order valence-corrected chi connectivity index (χ4v) is 3.61. The number of hydrogen-bond acceptors (Lipinski definition) is 1. The van der Waals surface area contributed by atoms with Gasteiger partial charge in [0, 0.05) is 11.6 Å². The molecule has 0 amide bonds. The second-order valence-electron chi connectivity index (χ2n) is 8.37. The van der Waals surface area contributed by atoms with Crippen molar-refractivity contribution in [2.75, 3.05) is 6.54 Å². The first-order valence-electron chi connectivity index (χ1n) is 7.46. The topological polar surface area (TPSA) is 3.24 Å². The summed E-state index contributed by atoms with van der Waals surface area (Å²) >= 11 is 0. The van der Waals surface area contributed by atoms with Gasteiger partial charge in [-0.25, -0.2) is 0 Å². The van der Waals surface area contributed by atoms with Crippen LogP contribution in [-0.2, 0) is 0 Å². The molecular formula is C16H31N. The quantitative estimate of drug-likeness (QED) is 0.656. The van der Waals surface area contributed by atoms with E-state index < -0.39 is 0 Å². The zero-order valence-electron chi connectivity index (χ0n) is 12.7. The van der Waals surface area contributed by atoms with Crippen LogP contribution in [0.3, 0.4) is 0 Å². The van der Waals surface area contributed by atoms with Gasteiger partial charge in [-0.15, -0.1) is 0 Å². The monoisotopic (exact) mass is 237 g/mol. The van der Waals surface area contributed by atoms with Crippen molar-refractivity contribution in [2.45, 2.75) is 78.8 Å². The highest BCUT2D eigenvalue weighted by Crippen LogP contribution is 2.47. The molecule has 0 spiro atoms. The molecule has 0 N–H and O–H groups in total. The second kappa shape index (κ2) is 4.26. The van der Waals surface area contributed by atoms with E-state index in [0.29, 0.717) is 11.0 Å². The molecule has 2 rings (SSSR count). The fraction of sp³-hybridized carbons (Fsp3) is 1.00.